The monoisotopic (exact) mass is 686 g/mol. The van der Waals surface area contributed by atoms with Crippen LogP contribution in [-0.4, -0.2) is 119 Å². The van der Waals surface area contributed by atoms with E-state index in [9.17, 15) is 24.6 Å². The number of rotatable bonds is 7. The first-order chi connectivity index (χ1) is 23.4. The van der Waals surface area contributed by atoms with Gasteiger partial charge in [-0.3, -0.25) is 9.69 Å². The molecule has 0 unspecified atom stereocenters. The molecule has 49 heavy (non-hydrogen) atoms. The van der Waals surface area contributed by atoms with Gasteiger partial charge >= 0.3 is 18.1 Å². The number of allylic oxidation sites excluding steroid dienone is 2. The molecule has 2 saturated heterocycles. The molecule has 0 aromatic rings. The lowest BCUT2D eigenvalue weighted by atomic mass is 9.89. The molecule has 6 atom stereocenters. The highest BCUT2D eigenvalue weighted by Gasteiger charge is 2.37. The van der Waals surface area contributed by atoms with Gasteiger partial charge in [-0.1, -0.05) is 63.8 Å². The summed E-state index contributed by atoms with van der Waals surface area (Å²) in [6.07, 6.45) is 16.1. The van der Waals surface area contributed by atoms with E-state index in [-0.39, 0.29) is 37.1 Å². The standard InChI is InChI=1S/C38H62N4O7/c1-28(27-39-36(45)41-20-9-10-21-41)12-11-13-29(2)35-30(3)16-17-33(38(4,47)19-18-32(43)26-34(44)49-35)48-37(46)42-24-22-40(23-25-42)31-14-7-5-6-8-15-31/h11-13,16-17,28,30-33,35,43,47H,5-10,14-15,18-27H2,1-4H3,(H,39,45)/b12-11+,17-16+,29-13+/t28-,30+,32+,33+,35-,38+/m1/s1. The number of esters is 1. The highest BCUT2D eigenvalue weighted by molar-refractivity contribution is 5.74. The molecular weight excluding hydrogens is 624 g/mol. The zero-order valence-electron chi connectivity index (χ0n) is 30.4. The second-order valence-electron chi connectivity index (χ2n) is 15.0. The van der Waals surface area contributed by atoms with E-state index >= 15 is 0 Å². The van der Waals surface area contributed by atoms with Crippen molar-refractivity contribution in [3.63, 3.8) is 0 Å². The number of likely N-dealkylation sites (tertiary alicyclic amines) is 1. The topological polar surface area (TPSA) is 132 Å². The third kappa shape index (κ3) is 12.1. The number of cyclic esters (lactones) is 1. The zero-order chi connectivity index (χ0) is 35.4. The van der Waals surface area contributed by atoms with Crippen LogP contribution in [-0.2, 0) is 14.3 Å². The first-order valence-electron chi connectivity index (χ1n) is 18.8. The Morgan fingerprint density at radius 3 is 2.37 bits per heavy atom. The number of hydrogen-bond acceptors (Lipinski definition) is 8. The fourth-order valence-electron chi connectivity index (χ4n) is 7.37. The van der Waals surface area contributed by atoms with Gasteiger partial charge in [-0.05, 0) is 69.9 Å². The molecule has 3 heterocycles. The van der Waals surface area contributed by atoms with Crippen LogP contribution >= 0.6 is 0 Å². The van der Waals surface area contributed by atoms with Crippen molar-refractivity contribution in [1.82, 2.24) is 20.0 Å². The maximum Gasteiger partial charge on any atom is 0.410 e. The summed E-state index contributed by atoms with van der Waals surface area (Å²) in [6.45, 7) is 12.4. The molecule has 3 aliphatic heterocycles. The minimum Gasteiger partial charge on any atom is -0.457 e. The van der Waals surface area contributed by atoms with Gasteiger partial charge in [-0.25, -0.2) is 9.59 Å². The highest BCUT2D eigenvalue weighted by atomic mass is 16.6. The largest absolute Gasteiger partial charge is 0.457 e. The van der Waals surface area contributed by atoms with Gasteiger partial charge in [0.05, 0.1) is 12.5 Å². The van der Waals surface area contributed by atoms with Gasteiger partial charge in [0.1, 0.15) is 11.7 Å². The van der Waals surface area contributed by atoms with Crippen molar-refractivity contribution in [3.05, 3.63) is 36.0 Å². The number of urea groups is 1. The van der Waals surface area contributed by atoms with Crippen LogP contribution in [0.4, 0.5) is 9.59 Å². The summed E-state index contributed by atoms with van der Waals surface area (Å²) in [6, 6.07) is 0.567. The van der Waals surface area contributed by atoms with Gasteiger partial charge in [-0.15, -0.1) is 0 Å². The highest BCUT2D eigenvalue weighted by Crippen LogP contribution is 2.28. The predicted molar refractivity (Wildman–Crippen MR) is 190 cm³/mol. The lowest BCUT2D eigenvalue weighted by Gasteiger charge is -2.40. The summed E-state index contributed by atoms with van der Waals surface area (Å²) in [5, 5.41) is 25.2. The second kappa shape index (κ2) is 18.9. The zero-order valence-corrected chi connectivity index (χ0v) is 30.4. The van der Waals surface area contributed by atoms with Crippen molar-refractivity contribution in [2.24, 2.45) is 11.8 Å². The first-order valence-corrected chi connectivity index (χ1v) is 18.8. The molecule has 1 aliphatic carbocycles. The van der Waals surface area contributed by atoms with Crippen molar-refractivity contribution in [2.45, 2.75) is 128 Å². The molecule has 0 spiro atoms. The molecule has 3 N–H and O–H groups in total. The Kier molecular flexibility index (Phi) is 15.0. The molecule has 0 radical (unpaired) electrons. The molecule has 276 valence electrons. The number of piperazine rings is 1. The summed E-state index contributed by atoms with van der Waals surface area (Å²) < 4.78 is 11.9. The van der Waals surface area contributed by atoms with E-state index in [2.05, 4.69) is 10.2 Å². The molecule has 3 fully saturated rings. The summed E-state index contributed by atoms with van der Waals surface area (Å²) in [5.41, 5.74) is -0.657. The van der Waals surface area contributed by atoms with Crippen LogP contribution in [0.3, 0.4) is 0 Å². The van der Waals surface area contributed by atoms with Gasteiger partial charge in [0.25, 0.3) is 0 Å². The number of nitrogens with one attached hydrogen (secondary N) is 1. The van der Waals surface area contributed by atoms with Gasteiger partial charge in [-0.2, -0.15) is 0 Å². The van der Waals surface area contributed by atoms with Crippen LogP contribution in [0.25, 0.3) is 0 Å². The van der Waals surface area contributed by atoms with E-state index < -0.39 is 36.0 Å². The smallest absolute Gasteiger partial charge is 0.410 e. The Labute approximate surface area is 293 Å². The van der Waals surface area contributed by atoms with E-state index in [1.165, 1.54) is 38.5 Å². The van der Waals surface area contributed by atoms with Crippen LogP contribution in [0.1, 0.15) is 98.3 Å². The van der Waals surface area contributed by atoms with Gasteiger partial charge in [0, 0.05) is 57.8 Å². The maximum absolute atomic E-state index is 13.4. The Hall–Kier alpha value is -2.89. The quantitative estimate of drug-likeness (QED) is 0.145. The second-order valence-corrected chi connectivity index (χ2v) is 15.0. The van der Waals surface area contributed by atoms with Gasteiger partial charge < -0.3 is 34.8 Å². The molecule has 4 aliphatic rings. The molecule has 11 heteroatoms. The van der Waals surface area contributed by atoms with E-state index in [1.807, 2.05) is 50.0 Å². The van der Waals surface area contributed by atoms with Crippen molar-refractivity contribution in [2.75, 3.05) is 45.8 Å². The SMILES string of the molecule is C/C(=C\C=C\[C@@H](C)CNC(=O)N1CCCC1)[C@H]1OC(=O)C[C@@H](O)CC[C@](C)(O)[C@@H](OC(=O)N2CCN(C3CCCCCC3)CC2)/C=C/[C@@H]1C. The van der Waals surface area contributed by atoms with E-state index in [1.54, 1.807) is 17.9 Å². The average Bonchev–Trinajstić information content (AvgIpc) is 3.49. The van der Waals surface area contributed by atoms with Crippen LogP contribution in [0.5, 0.6) is 0 Å². The van der Waals surface area contributed by atoms with Crippen molar-refractivity contribution in [3.8, 4) is 0 Å². The summed E-state index contributed by atoms with van der Waals surface area (Å²) in [4.78, 5) is 44.7. The van der Waals surface area contributed by atoms with Crippen LogP contribution in [0, 0.1) is 11.8 Å². The number of aliphatic hydroxyl groups is 2. The summed E-state index contributed by atoms with van der Waals surface area (Å²) in [5.74, 6) is -0.736. The number of amides is 3. The Morgan fingerprint density at radius 1 is 1.02 bits per heavy atom. The van der Waals surface area contributed by atoms with Crippen LogP contribution in [0.15, 0.2) is 36.0 Å². The molecule has 3 amide bonds. The van der Waals surface area contributed by atoms with Crippen LogP contribution in [0.2, 0.25) is 0 Å². The van der Waals surface area contributed by atoms with E-state index in [0.717, 1.165) is 44.6 Å². The molecule has 11 nitrogen and oxygen atoms in total. The lowest BCUT2D eigenvalue weighted by molar-refractivity contribution is -0.151. The number of carbonyl (C=O) groups is 3. The number of hydrogen-bond donors (Lipinski definition) is 3. The van der Waals surface area contributed by atoms with Crippen molar-refractivity contribution in [1.29, 1.82) is 0 Å². The summed E-state index contributed by atoms with van der Waals surface area (Å²) >= 11 is 0. The Balaban J connectivity index is 1.40. The third-order valence-electron chi connectivity index (χ3n) is 10.7. The van der Waals surface area contributed by atoms with Gasteiger partial charge in [0.2, 0.25) is 0 Å². The number of nitrogens with zero attached hydrogens (tertiary/aromatic N) is 3. The number of aliphatic hydroxyl groups excluding tert-OH is 1. The molecule has 0 aromatic carbocycles. The predicted octanol–water partition coefficient (Wildman–Crippen LogP) is 5.18. The molecule has 1 saturated carbocycles. The Morgan fingerprint density at radius 2 is 1.69 bits per heavy atom. The lowest BCUT2D eigenvalue weighted by Crippen LogP contribution is -2.53. The molecule has 0 bridgehead atoms. The van der Waals surface area contributed by atoms with E-state index in [0.29, 0.717) is 25.7 Å². The molecule has 0 aromatic heterocycles. The minimum absolute atomic E-state index is 0.0251. The first kappa shape index (κ1) is 38.9. The van der Waals surface area contributed by atoms with E-state index in [4.69, 9.17) is 9.47 Å². The normalized spacial score (nSPS) is 31.7. The van der Waals surface area contributed by atoms with Crippen molar-refractivity contribution >= 4 is 18.1 Å². The number of ether oxygens (including phenoxy) is 2. The number of carbonyl (C=O) groups excluding carboxylic acids is 3. The third-order valence-corrected chi connectivity index (χ3v) is 10.7. The van der Waals surface area contributed by atoms with Crippen molar-refractivity contribution < 1.29 is 34.1 Å². The van der Waals surface area contributed by atoms with Crippen LogP contribution < -0.4 is 5.32 Å². The maximum atomic E-state index is 13.4. The molecule has 4 rings (SSSR count). The summed E-state index contributed by atoms with van der Waals surface area (Å²) in [7, 11) is 0. The van der Waals surface area contributed by atoms with Gasteiger partial charge in [0.15, 0.2) is 6.10 Å². The Bertz CT molecular complexity index is 1160. The minimum atomic E-state index is -1.46. The fraction of sp³-hybridized carbons (Fsp3) is 0.763. The molecular formula is C38H62N4O7. The fourth-order valence-corrected chi connectivity index (χ4v) is 7.37. The average molecular weight is 687 g/mol.